The van der Waals surface area contributed by atoms with Crippen LogP contribution in [0.25, 0.3) is 0 Å². The number of nitrogens with two attached hydrogens (primary N) is 1. The molecule has 2 aromatic rings. The van der Waals surface area contributed by atoms with E-state index >= 15 is 0 Å². The third-order valence-electron chi connectivity index (χ3n) is 4.06. The number of aryl methyl sites for hydroxylation is 2. The van der Waals surface area contributed by atoms with Gasteiger partial charge in [0.15, 0.2) is 5.82 Å². The quantitative estimate of drug-likeness (QED) is 0.402. The van der Waals surface area contributed by atoms with Crippen molar-refractivity contribution in [1.29, 1.82) is 0 Å². The van der Waals surface area contributed by atoms with E-state index in [0.29, 0.717) is 11.4 Å². The molecule has 0 unspecified atom stereocenters. The van der Waals surface area contributed by atoms with Crippen molar-refractivity contribution in [2.75, 3.05) is 30.8 Å². The van der Waals surface area contributed by atoms with Crippen molar-refractivity contribution in [3.63, 3.8) is 0 Å². The van der Waals surface area contributed by atoms with Crippen molar-refractivity contribution in [3.05, 3.63) is 30.0 Å². The van der Waals surface area contributed by atoms with Crippen molar-refractivity contribution in [1.82, 2.24) is 19.4 Å². The number of carbonyl (C=O) groups is 4. The van der Waals surface area contributed by atoms with Crippen LogP contribution in [0.15, 0.2) is 18.5 Å². The number of aromatic nitrogens is 3. The highest BCUT2D eigenvalue weighted by Crippen LogP contribution is 2.15. The molecule has 30 heavy (non-hydrogen) atoms. The molecule has 3 amide bonds. The molecule has 0 saturated heterocycles. The van der Waals surface area contributed by atoms with Crippen LogP contribution in [0.2, 0.25) is 0 Å². The zero-order chi connectivity index (χ0) is 22.3. The third kappa shape index (κ3) is 5.91. The van der Waals surface area contributed by atoms with Crippen LogP contribution in [0.5, 0.6) is 0 Å². The highest BCUT2D eigenvalue weighted by atomic mass is 16.5. The second-order valence-electron chi connectivity index (χ2n) is 6.41. The Bertz CT molecular complexity index is 947. The van der Waals surface area contributed by atoms with E-state index in [0.717, 1.165) is 0 Å². The monoisotopic (exact) mass is 419 g/mol. The van der Waals surface area contributed by atoms with Crippen LogP contribution in [-0.2, 0) is 28.4 Å². The molecular weight excluding hydrogens is 394 g/mol. The molecule has 0 aliphatic heterocycles. The number of hydrogen-bond donors (Lipinski definition) is 4. The Morgan fingerprint density at radius 1 is 1.07 bits per heavy atom. The van der Waals surface area contributed by atoms with Gasteiger partial charge in [0, 0.05) is 46.0 Å². The van der Waals surface area contributed by atoms with Gasteiger partial charge in [-0.15, -0.1) is 0 Å². The summed E-state index contributed by atoms with van der Waals surface area (Å²) in [6.07, 6.45) is 3.28. The zero-order valence-electron chi connectivity index (χ0n) is 17.0. The molecule has 2 aromatic heterocycles. The summed E-state index contributed by atoms with van der Waals surface area (Å²) in [5.74, 6) is -1.33. The number of methoxy groups -OCH3 is 1. The van der Waals surface area contributed by atoms with Crippen molar-refractivity contribution >= 4 is 35.2 Å². The Labute approximate surface area is 172 Å². The van der Waals surface area contributed by atoms with Gasteiger partial charge in [-0.25, -0.2) is 4.98 Å². The van der Waals surface area contributed by atoms with Crippen molar-refractivity contribution in [3.8, 4) is 0 Å². The van der Waals surface area contributed by atoms with Gasteiger partial charge in [0.25, 0.3) is 11.8 Å². The summed E-state index contributed by atoms with van der Waals surface area (Å²) < 4.78 is 7.53. The summed E-state index contributed by atoms with van der Waals surface area (Å²) in [5.41, 5.74) is 6.02. The minimum Gasteiger partial charge on any atom is -0.469 e. The summed E-state index contributed by atoms with van der Waals surface area (Å²) in [5, 5.41) is 7.83. The van der Waals surface area contributed by atoms with Gasteiger partial charge < -0.3 is 35.6 Å². The van der Waals surface area contributed by atoms with Crippen LogP contribution >= 0.6 is 0 Å². The molecule has 2 heterocycles. The predicted octanol–water partition coefficient (Wildman–Crippen LogP) is -0.409. The SMILES string of the molecule is COC(=O)CCNC(=O)c1cc(NC(=O)c2nc(NC(=O)CCN)cn2C)cn1C. The van der Waals surface area contributed by atoms with E-state index in [1.54, 1.807) is 24.9 Å². The standard InChI is InChI=1S/C18H25N7O5/c1-24-9-11(8-12(24)17(28)20-7-5-15(27)30-3)21-18(29)16-23-13(10-25(16)2)22-14(26)4-6-19/h8-10H,4-7,19H2,1-3H3,(H,20,28)(H,21,29)(H,22,26). The van der Waals surface area contributed by atoms with Crippen LogP contribution in [-0.4, -0.2) is 58.0 Å². The normalized spacial score (nSPS) is 10.4. The Morgan fingerprint density at radius 2 is 1.80 bits per heavy atom. The molecular formula is C18H25N7O5. The predicted molar refractivity (Wildman–Crippen MR) is 108 cm³/mol. The van der Waals surface area contributed by atoms with Crippen molar-refractivity contribution in [2.45, 2.75) is 12.8 Å². The lowest BCUT2D eigenvalue weighted by Gasteiger charge is -2.04. The molecule has 0 aliphatic carbocycles. The molecule has 5 N–H and O–H groups in total. The van der Waals surface area contributed by atoms with E-state index < -0.39 is 17.8 Å². The summed E-state index contributed by atoms with van der Waals surface area (Å²) in [7, 11) is 4.54. The molecule has 0 fully saturated rings. The topological polar surface area (TPSA) is 162 Å². The van der Waals surface area contributed by atoms with Crippen LogP contribution in [0, 0.1) is 0 Å². The number of imidazole rings is 1. The first-order chi connectivity index (χ1) is 14.2. The van der Waals surface area contributed by atoms with Crippen molar-refractivity contribution in [2.24, 2.45) is 19.8 Å². The van der Waals surface area contributed by atoms with Crippen molar-refractivity contribution < 1.29 is 23.9 Å². The lowest BCUT2D eigenvalue weighted by Crippen LogP contribution is -2.27. The largest absolute Gasteiger partial charge is 0.469 e. The lowest BCUT2D eigenvalue weighted by molar-refractivity contribution is -0.140. The molecule has 0 atom stereocenters. The second kappa shape index (κ2) is 10.2. The number of anilines is 2. The molecule has 12 heteroatoms. The number of esters is 1. The van der Waals surface area contributed by atoms with Crippen LogP contribution in [0.3, 0.4) is 0 Å². The Balaban J connectivity index is 2.02. The fourth-order valence-electron chi connectivity index (χ4n) is 2.59. The second-order valence-corrected chi connectivity index (χ2v) is 6.41. The molecule has 0 aliphatic rings. The number of hydrogen-bond acceptors (Lipinski definition) is 7. The van der Waals surface area contributed by atoms with Gasteiger partial charge in [0.05, 0.1) is 19.2 Å². The fourth-order valence-corrected chi connectivity index (χ4v) is 2.59. The average Bonchev–Trinajstić information content (AvgIpc) is 3.23. The summed E-state index contributed by atoms with van der Waals surface area (Å²) in [6, 6.07) is 1.50. The van der Waals surface area contributed by atoms with Gasteiger partial charge in [0.2, 0.25) is 11.7 Å². The Kier molecular flexibility index (Phi) is 7.69. The highest BCUT2D eigenvalue weighted by molar-refractivity contribution is 6.03. The smallest absolute Gasteiger partial charge is 0.307 e. The maximum Gasteiger partial charge on any atom is 0.307 e. The zero-order valence-corrected chi connectivity index (χ0v) is 17.0. The number of rotatable bonds is 9. The molecule has 12 nitrogen and oxygen atoms in total. The Hall–Kier alpha value is -3.67. The first-order valence-electron chi connectivity index (χ1n) is 9.11. The lowest BCUT2D eigenvalue weighted by atomic mass is 10.3. The molecule has 2 rings (SSSR count). The van der Waals surface area contributed by atoms with Gasteiger partial charge in [-0.3, -0.25) is 19.2 Å². The molecule has 0 spiro atoms. The molecule has 162 valence electrons. The van der Waals surface area contributed by atoms with Gasteiger partial charge in [-0.2, -0.15) is 0 Å². The van der Waals surface area contributed by atoms with E-state index in [4.69, 9.17) is 5.73 Å². The van der Waals surface area contributed by atoms with Crippen LogP contribution in [0.1, 0.15) is 33.9 Å². The van der Waals surface area contributed by atoms with Gasteiger partial charge in [-0.1, -0.05) is 0 Å². The van der Waals surface area contributed by atoms with E-state index in [-0.39, 0.29) is 43.5 Å². The number of amides is 3. The first kappa shape index (κ1) is 22.6. The van der Waals surface area contributed by atoms with E-state index in [1.807, 2.05) is 0 Å². The molecule has 0 bridgehead atoms. The van der Waals surface area contributed by atoms with Crippen LogP contribution < -0.4 is 21.7 Å². The first-order valence-corrected chi connectivity index (χ1v) is 9.11. The number of ether oxygens (including phenoxy) is 1. The van der Waals surface area contributed by atoms with Gasteiger partial charge in [-0.05, 0) is 6.07 Å². The molecule has 0 radical (unpaired) electrons. The van der Waals surface area contributed by atoms with Gasteiger partial charge in [0.1, 0.15) is 5.69 Å². The minimum absolute atomic E-state index is 0.0551. The molecule has 0 aromatic carbocycles. The summed E-state index contributed by atoms with van der Waals surface area (Å²) in [6.45, 7) is 0.336. The van der Waals surface area contributed by atoms with Crippen LogP contribution in [0.4, 0.5) is 11.5 Å². The summed E-state index contributed by atoms with van der Waals surface area (Å²) in [4.78, 5) is 51.6. The number of nitrogens with one attached hydrogen (secondary N) is 3. The average molecular weight is 419 g/mol. The maximum atomic E-state index is 12.5. The summed E-state index contributed by atoms with van der Waals surface area (Å²) >= 11 is 0. The number of nitrogens with zero attached hydrogens (tertiary/aromatic N) is 3. The minimum atomic E-state index is -0.514. The third-order valence-corrected chi connectivity index (χ3v) is 4.06. The Morgan fingerprint density at radius 3 is 2.47 bits per heavy atom. The van der Waals surface area contributed by atoms with E-state index in [1.165, 1.54) is 23.9 Å². The fraction of sp³-hybridized carbons (Fsp3) is 0.389. The highest BCUT2D eigenvalue weighted by Gasteiger charge is 2.18. The van der Waals surface area contributed by atoms with E-state index in [9.17, 15) is 19.2 Å². The molecule has 0 saturated carbocycles. The number of carbonyl (C=O) groups excluding carboxylic acids is 4. The maximum absolute atomic E-state index is 12.5. The van der Waals surface area contributed by atoms with E-state index in [2.05, 4.69) is 25.7 Å². The van der Waals surface area contributed by atoms with Gasteiger partial charge >= 0.3 is 5.97 Å².